The fourth-order valence-corrected chi connectivity index (χ4v) is 3.76. The van der Waals surface area contributed by atoms with Crippen molar-refractivity contribution < 1.29 is 8.42 Å². The molecule has 4 heteroatoms. The lowest BCUT2D eigenvalue weighted by Gasteiger charge is -2.34. The lowest BCUT2D eigenvalue weighted by molar-refractivity contribution is 0.211. The summed E-state index contributed by atoms with van der Waals surface area (Å²) in [5.74, 6) is 0.578. The van der Waals surface area contributed by atoms with Gasteiger partial charge in [-0.3, -0.25) is 0 Å². The largest absolute Gasteiger partial charge is 0.330 e. The van der Waals surface area contributed by atoms with Gasteiger partial charge in [-0.15, -0.1) is 0 Å². The molecular weight excluding hydrogens is 234 g/mol. The van der Waals surface area contributed by atoms with E-state index in [-0.39, 0.29) is 11.2 Å². The molecule has 1 aliphatic carbocycles. The third-order valence-corrected chi connectivity index (χ3v) is 5.94. The second-order valence-corrected chi connectivity index (χ2v) is 7.93. The summed E-state index contributed by atoms with van der Waals surface area (Å²) in [4.78, 5) is 0. The first-order valence-corrected chi connectivity index (χ1v) is 8.76. The normalized spacial score (nSPS) is 21.8. The van der Waals surface area contributed by atoms with Gasteiger partial charge >= 0.3 is 0 Å². The Morgan fingerprint density at radius 2 is 1.59 bits per heavy atom. The summed E-state index contributed by atoms with van der Waals surface area (Å²) in [7, 11) is -2.84. The second-order valence-electron chi connectivity index (χ2n) is 5.46. The maximum absolute atomic E-state index is 11.6. The summed E-state index contributed by atoms with van der Waals surface area (Å²) in [5, 5.41) is 0. The molecule has 1 saturated carbocycles. The molecule has 0 aromatic heterocycles. The van der Waals surface area contributed by atoms with Gasteiger partial charge in [-0.2, -0.15) is 0 Å². The summed E-state index contributed by atoms with van der Waals surface area (Å²) in [6, 6.07) is 0. The van der Waals surface area contributed by atoms with Crippen molar-refractivity contribution in [2.45, 2.75) is 58.3 Å². The van der Waals surface area contributed by atoms with Crippen molar-refractivity contribution in [3.05, 3.63) is 0 Å². The molecule has 0 saturated heterocycles. The van der Waals surface area contributed by atoms with Crippen LogP contribution >= 0.6 is 0 Å². The van der Waals surface area contributed by atoms with Crippen molar-refractivity contribution >= 4 is 9.84 Å². The van der Waals surface area contributed by atoms with Gasteiger partial charge in [-0.05, 0) is 31.2 Å². The summed E-state index contributed by atoms with van der Waals surface area (Å²) in [5.41, 5.74) is 6.03. The van der Waals surface area contributed by atoms with Crippen LogP contribution in [0.1, 0.15) is 58.3 Å². The molecule has 0 radical (unpaired) electrons. The molecule has 0 spiro atoms. The topological polar surface area (TPSA) is 60.2 Å². The highest BCUT2D eigenvalue weighted by molar-refractivity contribution is 7.91. The van der Waals surface area contributed by atoms with Crippen LogP contribution in [0, 0.1) is 5.41 Å². The first-order valence-electron chi connectivity index (χ1n) is 6.94. The van der Waals surface area contributed by atoms with E-state index < -0.39 is 9.84 Å². The Bertz CT molecular complexity index is 303. The van der Waals surface area contributed by atoms with Crippen LogP contribution in [0.2, 0.25) is 0 Å². The molecule has 2 N–H and O–H groups in total. The predicted molar refractivity (Wildman–Crippen MR) is 72.8 cm³/mol. The Morgan fingerprint density at radius 3 is 2.06 bits per heavy atom. The first kappa shape index (κ1) is 15.0. The third-order valence-electron chi connectivity index (χ3n) is 4.23. The monoisotopic (exact) mass is 261 g/mol. The van der Waals surface area contributed by atoms with Crippen LogP contribution in [0.3, 0.4) is 0 Å². The van der Waals surface area contributed by atoms with E-state index in [1.807, 2.05) is 0 Å². The minimum absolute atomic E-state index is 0.0999. The zero-order valence-corrected chi connectivity index (χ0v) is 11.9. The maximum atomic E-state index is 11.6. The SMILES string of the molecule is CCS(=O)(=O)CCC1(CN)CCCCCCC1. The summed E-state index contributed by atoms with van der Waals surface area (Å²) in [6.45, 7) is 2.37. The zero-order chi connectivity index (χ0) is 12.8. The molecule has 0 aromatic carbocycles. The highest BCUT2D eigenvalue weighted by atomic mass is 32.2. The fraction of sp³-hybridized carbons (Fsp3) is 1.00. The van der Waals surface area contributed by atoms with Crippen LogP contribution in [0.25, 0.3) is 0 Å². The molecule has 1 rings (SSSR count). The van der Waals surface area contributed by atoms with E-state index in [0.29, 0.717) is 12.3 Å². The third kappa shape index (κ3) is 4.96. The molecule has 102 valence electrons. The average molecular weight is 261 g/mol. The van der Waals surface area contributed by atoms with Gasteiger partial charge in [0.25, 0.3) is 0 Å². The van der Waals surface area contributed by atoms with Crippen molar-refractivity contribution in [2.75, 3.05) is 18.1 Å². The second kappa shape index (κ2) is 6.74. The Hall–Kier alpha value is -0.0900. The van der Waals surface area contributed by atoms with E-state index >= 15 is 0 Å². The molecule has 1 aliphatic rings. The van der Waals surface area contributed by atoms with E-state index in [0.717, 1.165) is 19.3 Å². The van der Waals surface area contributed by atoms with E-state index in [2.05, 4.69) is 0 Å². The number of rotatable bonds is 5. The van der Waals surface area contributed by atoms with Crippen molar-refractivity contribution in [2.24, 2.45) is 11.1 Å². The molecule has 0 heterocycles. The van der Waals surface area contributed by atoms with Gasteiger partial charge < -0.3 is 5.73 Å². The van der Waals surface area contributed by atoms with Gasteiger partial charge in [0.05, 0.1) is 5.75 Å². The number of nitrogens with two attached hydrogens (primary N) is 1. The van der Waals surface area contributed by atoms with Crippen LogP contribution in [0.15, 0.2) is 0 Å². The van der Waals surface area contributed by atoms with E-state index in [1.165, 1.54) is 32.1 Å². The summed E-state index contributed by atoms with van der Waals surface area (Å²) >= 11 is 0. The smallest absolute Gasteiger partial charge is 0.150 e. The average Bonchev–Trinajstić information content (AvgIpc) is 2.29. The van der Waals surface area contributed by atoms with Gasteiger partial charge in [0.1, 0.15) is 9.84 Å². The van der Waals surface area contributed by atoms with Crippen LogP contribution < -0.4 is 5.73 Å². The molecule has 0 bridgehead atoms. The van der Waals surface area contributed by atoms with Gasteiger partial charge in [0.2, 0.25) is 0 Å². The Kier molecular flexibility index (Phi) is 5.93. The van der Waals surface area contributed by atoms with Crippen molar-refractivity contribution in [1.82, 2.24) is 0 Å². The highest BCUT2D eigenvalue weighted by Gasteiger charge is 2.30. The van der Waals surface area contributed by atoms with Crippen LogP contribution in [-0.2, 0) is 9.84 Å². The van der Waals surface area contributed by atoms with Crippen LogP contribution in [0.5, 0.6) is 0 Å². The standard InChI is InChI=1S/C13H27NO2S/c1-2-17(15,16)11-10-13(12-14)8-6-4-3-5-7-9-13/h2-12,14H2,1H3. The van der Waals surface area contributed by atoms with Gasteiger partial charge in [0, 0.05) is 5.75 Å². The molecule has 1 fully saturated rings. The number of hydrogen-bond donors (Lipinski definition) is 1. The van der Waals surface area contributed by atoms with Crippen LogP contribution in [-0.4, -0.2) is 26.5 Å². The predicted octanol–water partition coefficient (Wildman–Crippen LogP) is 2.50. The Labute approximate surface area is 106 Å². The molecular formula is C13H27NO2S. The van der Waals surface area contributed by atoms with Gasteiger partial charge in [0.15, 0.2) is 0 Å². The van der Waals surface area contributed by atoms with Crippen molar-refractivity contribution in [3.63, 3.8) is 0 Å². The Morgan fingerprint density at radius 1 is 1.06 bits per heavy atom. The molecule has 0 aromatic rings. The minimum atomic E-state index is -2.84. The molecule has 0 atom stereocenters. The highest BCUT2D eigenvalue weighted by Crippen LogP contribution is 2.36. The molecule has 0 aliphatic heterocycles. The quantitative estimate of drug-likeness (QED) is 0.827. The number of hydrogen-bond acceptors (Lipinski definition) is 3. The fourth-order valence-electron chi connectivity index (χ4n) is 2.73. The van der Waals surface area contributed by atoms with Crippen molar-refractivity contribution in [3.8, 4) is 0 Å². The molecule has 17 heavy (non-hydrogen) atoms. The Balaban J connectivity index is 2.59. The molecule has 0 unspecified atom stereocenters. The van der Waals surface area contributed by atoms with Crippen LogP contribution in [0.4, 0.5) is 0 Å². The van der Waals surface area contributed by atoms with E-state index in [4.69, 9.17) is 5.73 Å². The van der Waals surface area contributed by atoms with Gasteiger partial charge in [-0.25, -0.2) is 8.42 Å². The van der Waals surface area contributed by atoms with Crippen molar-refractivity contribution in [1.29, 1.82) is 0 Å². The lowest BCUT2D eigenvalue weighted by atomic mass is 9.74. The molecule has 0 amide bonds. The summed E-state index contributed by atoms with van der Waals surface area (Å²) < 4.78 is 23.2. The maximum Gasteiger partial charge on any atom is 0.150 e. The first-order chi connectivity index (χ1) is 8.04. The number of sulfone groups is 1. The zero-order valence-electron chi connectivity index (χ0n) is 11.1. The minimum Gasteiger partial charge on any atom is -0.330 e. The summed E-state index contributed by atoms with van der Waals surface area (Å²) in [6.07, 6.45) is 9.30. The van der Waals surface area contributed by atoms with Gasteiger partial charge in [-0.1, -0.05) is 39.0 Å². The molecule has 3 nitrogen and oxygen atoms in total. The van der Waals surface area contributed by atoms with E-state index in [1.54, 1.807) is 6.92 Å². The van der Waals surface area contributed by atoms with E-state index in [9.17, 15) is 8.42 Å². The lowest BCUT2D eigenvalue weighted by Crippen LogP contribution is -2.33.